The first-order chi connectivity index (χ1) is 7.63. The lowest BCUT2D eigenvalue weighted by molar-refractivity contribution is -0.294. The molecule has 1 rings (SSSR count). The molecule has 0 spiro atoms. The molecule has 0 atom stereocenters. The fourth-order valence-corrected chi connectivity index (χ4v) is 1.10. The molecule has 0 aromatic heterocycles. The second kappa shape index (κ2) is 5.97. The Balaban J connectivity index is 2.59. The Morgan fingerprint density at radius 2 is 2.06 bits per heavy atom. The molecule has 0 aliphatic carbocycles. The van der Waals surface area contributed by atoms with Gasteiger partial charge in [0.15, 0.2) is 5.84 Å². The van der Waals surface area contributed by atoms with Crippen LogP contribution in [0.15, 0.2) is 29.3 Å². The molecular formula is C10H11ClN3O2-. The van der Waals surface area contributed by atoms with Crippen LogP contribution >= 0.6 is 11.6 Å². The summed E-state index contributed by atoms with van der Waals surface area (Å²) in [6.45, 7) is 2.09. The van der Waals surface area contributed by atoms with Gasteiger partial charge in [0.25, 0.3) is 0 Å². The van der Waals surface area contributed by atoms with Crippen molar-refractivity contribution in [3.05, 3.63) is 29.3 Å². The Kier molecular flexibility index (Phi) is 4.60. The number of hydrogen-bond donors (Lipinski definition) is 2. The van der Waals surface area contributed by atoms with E-state index in [9.17, 15) is 9.90 Å². The monoisotopic (exact) mass is 240 g/mol. The number of halogens is 1. The maximum absolute atomic E-state index is 10.6. The van der Waals surface area contributed by atoms with E-state index in [-0.39, 0.29) is 5.84 Å². The van der Waals surface area contributed by atoms with Crippen molar-refractivity contribution in [3.63, 3.8) is 0 Å². The van der Waals surface area contributed by atoms with Gasteiger partial charge in [-0.05, 0) is 31.2 Å². The Labute approximate surface area is 98.1 Å². The van der Waals surface area contributed by atoms with Gasteiger partial charge in [-0.15, -0.1) is 0 Å². The summed E-state index contributed by atoms with van der Waals surface area (Å²) in [7, 11) is 0. The van der Waals surface area contributed by atoms with Crippen LogP contribution in [0.3, 0.4) is 0 Å². The fraction of sp³-hybridized carbons (Fsp3) is 0.200. The van der Waals surface area contributed by atoms with Crippen molar-refractivity contribution in [1.29, 1.82) is 0 Å². The van der Waals surface area contributed by atoms with E-state index in [1.165, 1.54) is 0 Å². The number of carboxylic acid groups (broad SMARTS) is 1. The number of amidine groups is 1. The van der Waals surface area contributed by atoms with Gasteiger partial charge in [-0.3, -0.25) is 15.8 Å². The first-order valence-electron chi connectivity index (χ1n) is 4.67. The number of aliphatic carboxylic acids is 1. The highest BCUT2D eigenvalue weighted by molar-refractivity contribution is 6.33. The standard InChI is InChI=1S/C10H12ClN3O2/c1-2-12-9(10(15)16)14-13-8-5-3-7(11)4-6-8/h3-6,13H,2H2,1H3,(H,12,14)(H,15,16)/p-1. The van der Waals surface area contributed by atoms with Crippen molar-refractivity contribution < 1.29 is 9.90 Å². The van der Waals surface area contributed by atoms with E-state index in [4.69, 9.17) is 11.6 Å². The van der Waals surface area contributed by atoms with Crippen molar-refractivity contribution in [3.8, 4) is 0 Å². The molecule has 1 aromatic carbocycles. The summed E-state index contributed by atoms with van der Waals surface area (Å²) in [5.41, 5.74) is 5.80. The van der Waals surface area contributed by atoms with Crippen molar-refractivity contribution in [1.82, 2.24) is 5.43 Å². The van der Waals surface area contributed by atoms with E-state index < -0.39 is 5.97 Å². The third-order valence-electron chi connectivity index (χ3n) is 1.68. The van der Waals surface area contributed by atoms with Crippen LogP contribution < -0.4 is 16.0 Å². The molecule has 16 heavy (non-hydrogen) atoms. The summed E-state index contributed by atoms with van der Waals surface area (Å²) < 4.78 is 0. The van der Waals surface area contributed by atoms with Crippen LogP contribution in [0.4, 0.5) is 5.69 Å². The van der Waals surface area contributed by atoms with Gasteiger partial charge in [0, 0.05) is 11.6 Å². The smallest absolute Gasteiger partial charge is 0.162 e. The van der Waals surface area contributed by atoms with Crippen molar-refractivity contribution >= 4 is 29.1 Å². The van der Waals surface area contributed by atoms with Gasteiger partial charge >= 0.3 is 0 Å². The maximum Gasteiger partial charge on any atom is 0.162 e. The number of aliphatic imine (C=N–C) groups is 1. The SMILES string of the molecule is CCN=C(NNc1ccc(Cl)cc1)C(=O)[O-]. The molecule has 0 aliphatic heterocycles. The first-order valence-corrected chi connectivity index (χ1v) is 5.04. The minimum Gasteiger partial charge on any atom is -0.542 e. The van der Waals surface area contributed by atoms with Gasteiger partial charge in [0.2, 0.25) is 0 Å². The molecule has 0 amide bonds. The number of carbonyl (C=O) groups is 1. The second-order valence-electron chi connectivity index (χ2n) is 2.87. The number of hydrogen-bond acceptors (Lipinski definition) is 4. The van der Waals surface area contributed by atoms with Crippen LogP contribution in [-0.4, -0.2) is 18.3 Å². The van der Waals surface area contributed by atoms with E-state index in [2.05, 4.69) is 15.8 Å². The van der Waals surface area contributed by atoms with Crippen molar-refractivity contribution in [2.45, 2.75) is 6.92 Å². The van der Waals surface area contributed by atoms with Gasteiger partial charge in [-0.25, -0.2) is 0 Å². The molecular weight excluding hydrogens is 230 g/mol. The number of benzene rings is 1. The molecule has 0 saturated carbocycles. The summed E-state index contributed by atoms with van der Waals surface area (Å²) in [6, 6.07) is 6.77. The zero-order chi connectivity index (χ0) is 12.0. The predicted molar refractivity (Wildman–Crippen MR) is 61.2 cm³/mol. The Hall–Kier alpha value is -1.75. The molecule has 86 valence electrons. The highest BCUT2D eigenvalue weighted by Gasteiger charge is 1.98. The van der Waals surface area contributed by atoms with E-state index in [0.717, 1.165) is 0 Å². The number of nitrogens with zero attached hydrogens (tertiary/aromatic N) is 1. The zero-order valence-corrected chi connectivity index (χ0v) is 9.41. The summed E-state index contributed by atoms with van der Waals surface area (Å²) in [5.74, 6) is -1.60. The van der Waals surface area contributed by atoms with E-state index >= 15 is 0 Å². The zero-order valence-electron chi connectivity index (χ0n) is 8.66. The molecule has 0 heterocycles. The Morgan fingerprint density at radius 3 is 2.56 bits per heavy atom. The predicted octanol–water partition coefficient (Wildman–Crippen LogP) is 0.425. The maximum atomic E-state index is 10.6. The average molecular weight is 241 g/mol. The van der Waals surface area contributed by atoms with Crippen LogP contribution in [0.2, 0.25) is 5.02 Å². The lowest BCUT2D eigenvalue weighted by atomic mass is 10.3. The molecule has 2 N–H and O–H groups in total. The average Bonchev–Trinajstić information content (AvgIpc) is 2.26. The molecule has 0 unspecified atom stereocenters. The van der Waals surface area contributed by atoms with Crippen LogP contribution in [0.5, 0.6) is 0 Å². The molecule has 0 aliphatic rings. The molecule has 1 aromatic rings. The molecule has 6 heteroatoms. The van der Waals surface area contributed by atoms with E-state index in [1.54, 1.807) is 31.2 Å². The molecule has 0 bridgehead atoms. The van der Waals surface area contributed by atoms with Crippen LogP contribution in [0, 0.1) is 0 Å². The minimum absolute atomic E-state index is 0.238. The number of nitrogens with one attached hydrogen (secondary N) is 2. The summed E-state index contributed by atoms with van der Waals surface area (Å²) in [5, 5.41) is 11.2. The number of carboxylic acids is 1. The van der Waals surface area contributed by atoms with Crippen molar-refractivity contribution in [2.24, 2.45) is 4.99 Å². The van der Waals surface area contributed by atoms with Gasteiger partial charge in [-0.2, -0.15) is 0 Å². The molecule has 5 nitrogen and oxygen atoms in total. The number of rotatable bonds is 3. The lowest BCUT2D eigenvalue weighted by Crippen LogP contribution is -2.43. The Bertz CT molecular complexity index is 390. The number of carbonyl (C=O) groups excluding carboxylic acids is 1. The fourth-order valence-electron chi connectivity index (χ4n) is 0.978. The van der Waals surface area contributed by atoms with E-state index in [1.807, 2.05) is 0 Å². The summed E-state index contributed by atoms with van der Waals surface area (Å²) in [4.78, 5) is 14.3. The third kappa shape index (κ3) is 3.78. The quantitative estimate of drug-likeness (QED) is 0.456. The van der Waals surface area contributed by atoms with Crippen LogP contribution in [-0.2, 0) is 4.79 Å². The second-order valence-corrected chi connectivity index (χ2v) is 3.30. The Morgan fingerprint density at radius 1 is 1.44 bits per heavy atom. The van der Waals surface area contributed by atoms with Crippen LogP contribution in [0.1, 0.15) is 6.92 Å². The number of hydrazine groups is 1. The number of anilines is 1. The summed E-state index contributed by atoms with van der Waals surface area (Å²) in [6.07, 6.45) is 0. The molecule has 0 radical (unpaired) electrons. The van der Waals surface area contributed by atoms with Crippen molar-refractivity contribution in [2.75, 3.05) is 12.0 Å². The normalized spacial score (nSPS) is 11.0. The third-order valence-corrected chi connectivity index (χ3v) is 1.93. The van der Waals surface area contributed by atoms with E-state index in [0.29, 0.717) is 17.3 Å². The minimum atomic E-state index is -1.36. The largest absolute Gasteiger partial charge is 0.542 e. The van der Waals surface area contributed by atoms with Gasteiger partial charge in [-0.1, -0.05) is 11.6 Å². The highest BCUT2D eigenvalue weighted by Crippen LogP contribution is 2.12. The highest BCUT2D eigenvalue weighted by atomic mass is 35.5. The first kappa shape index (κ1) is 12.3. The molecule has 0 fully saturated rings. The van der Waals surface area contributed by atoms with Crippen LogP contribution in [0.25, 0.3) is 0 Å². The molecule has 0 saturated heterocycles. The van der Waals surface area contributed by atoms with Gasteiger partial charge in [0.05, 0.1) is 5.69 Å². The van der Waals surface area contributed by atoms with Gasteiger partial charge in [0.1, 0.15) is 5.97 Å². The topological polar surface area (TPSA) is 76.5 Å². The summed E-state index contributed by atoms with van der Waals surface area (Å²) >= 11 is 5.70. The van der Waals surface area contributed by atoms with Gasteiger partial charge < -0.3 is 9.90 Å². The lowest BCUT2D eigenvalue weighted by Gasteiger charge is -2.12.